The molecular weight excluding hydrogens is 316 g/mol. The topological polar surface area (TPSA) is 70.1 Å². The molecule has 0 spiro atoms. The molecule has 0 saturated carbocycles. The van der Waals surface area contributed by atoms with Gasteiger partial charge >= 0.3 is 0 Å². The molecule has 1 aromatic carbocycles. The number of para-hydroxylation sites is 1. The molecule has 1 aliphatic heterocycles. The van der Waals surface area contributed by atoms with Crippen LogP contribution < -0.4 is 10.5 Å². The van der Waals surface area contributed by atoms with Crippen molar-refractivity contribution >= 4 is 17.0 Å². The summed E-state index contributed by atoms with van der Waals surface area (Å²) in [6.07, 6.45) is 2.65. The highest BCUT2D eigenvalue weighted by Gasteiger charge is 2.18. The van der Waals surface area contributed by atoms with Crippen LogP contribution in [0.15, 0.2) is 41.3 Å². The Balaban J connectivity index is 1.75. The van der Waals surface area contributed by atoms with Crippen LogP contribution in [-0.2, 0) is 0 Å². The summed E-state index contributed by atoms with van der Waals surface area (Å²) in [5.74, 6) is 0.633. The molecule has 7 heteroatoms. The van der Waals surface area contributed by atoms with Gasteiger partial charge < -0.3 is 9.80 Å². The highest BCUT2D eigenvalue weighted by molar-refractivity contribution is 5.76. The number of hydrogen-bond acceptors (Lipinski definition) is 5. The second kappa shape index (κ2) is 6.68. The van der Waals surface area contributed by atoms with Crippen LogP contribution in [0.4, 0.5) is 5.95 Å². The molecule has 1 aliphatic rings. The zero-order chi connectivity index (χ0) is 17.2. The van der Waals surface area contributed by atoms with E-state index in [1.54, 1.807) is 10.9 Å². The van der Waals surface area contributed by atoms with Crippen molar-refractivity contribution in [2.24, 2.45) is 0 Å². The first-order chi connectivity index (χ1) is 12.3. The van der Waals surface area contributed by atoms with Gasteiger partial charge in [0.2, 0.25) is 5.95 Å². The molecule has 7 nitrogen and oxygen atoms in total. The minimum Gasteiger partial charge on any atom is -0.341 e. The van der Waals surface area contributed by atoms with Crippen LogP contribution in [0.5, 0.6) is 0 Å². The van der Waals surface area contributed by atoms with Crippen molar-refractivity contribution in [1.82, 2.24) is 24.6 Å². The number of H-pyrrole nitrogens is 1. The largest absolute Gasteiger partial charge is 0.341 e. The molecule has 0 atom stereocenters. The smallest absolute Gasteiger partial charge is 0.263 e. The van der Waals surface area contributed by atoms with E-state index < -0.39 is 0 Å². The van der Waals surface area contributed by atoms with E-state index in [0.29, 0.717) is 17.0 Å². The summed E-state index contributed by atoms with van der Waals surface area (Å²) in [6.45, 7) is 7.06. The van der Waals surface area contributed by atoms with Gasteiger partial charge in [-0.05, 0) is 31.6 Å². The molecule has 4 rings (SSSR count). The summed E-state index contributed by atoms with van der Waals surface area (Å²) in [5, 5.41) is 4.88. The van der Waals surface area contributed by atoms with Gasteiger partial charge in [-0.1, -0.05) is 25.1 Å². The van der Waals surface area contributed by atoms with Crippen LogP contribution in [0.25, 0.3) is 16.7 Å². The Hall–Kier alpha value is -2.67. The van der Waals surface area contributed by atoms with Gasteiger partial charge in [-0.2, -0.15) is 10.1 Å². The monoisotopic (exact) mass is 338 g/mol. The molecule has 3 heterocycles. The van der Waals surface area contributed by atoms with Crippen LogP contribution in [-0.4, -0.2) is 57.4 Å². The van der Waals surface area contributed by atoms with E-state index >= 15 is 0 Å². The van der Waals surface area contributed by atoms with Gasteiger partial charge in [0.1, 0.15) is 5.39 Å². The molecule has 0 radical (unpaired) electrons. The van der Waals surface area contributed by atoms with Crippen molar-refractivity contribution in [1.29, 1.82) is 0 Å². The van der Waals surface area contributed by atoms with Gasteiger partial charge in [0.15, 0.2) is 5.65 Å². The fraction of sp³-hybridized carbons (Fsp3) is 0.389. The first-order valence-electron chi connectivity index (χ1n) is 8.77. The molecule has 1 fully saturated rings. The molecule has 2 aromatic heterocycles. The van der Waals surface area contributed by atoms with E-state index in [9.17, 15) is 4.79 Å². The molecule has 0 amide bonds. The summed E-state index contributed by atoms with van der Waals surface area (Å²) in [5.41, 5.74) is 1.36. The van der Waals surface area contributed by atoms with Crippen LogP contribution in [0.2, 0.25) is 0 Å². The third kappa shape index (κ3) is 3.02. The van der Waals surface area contributed by atoms with Crippen molar-refractivity contribution in [3.05, 3.63) is 46.9 Å². The normalized spacial score (nSPS) is 16.3. The van der Waals surface area contributed by atoms with Crippen molar-refractivity contribution in [2.45, 2.75) is 13.3 Å². The Bertz CT molecular complexity index is 916. The third-order valence-corrected chi connectivity index (χ3v) is 4.76. The van der Waals surface area contributed by atoms with Gasteiger partial charge in [0, 0.05) is 19.6 Å². The van der Waals surface area contributed by atoms with Gasteiger partial charge in [-0.3, -0.25) is 9.78 Å². The SMILES string of the molecule is CCN1CCCN(c2nc3c(cnn3-c3ccccc3)c(=O)[nH]2)CC1. The number of aromatic amines is 1. The number of rotatable bonds is 3. The maximum absolute atomic E-state index is 12.5. The average Bonchev–Trinajstić information content (AvgIpc) is 2.93. The van der Waals surface area contributed by atoms with E-state index in [0.717, 1.165) is 44.8 Å². The zero-order valence-corrected chi connectivity index (χ0v) is 14.4. The van der Waals surface area contributed by atoms with Crippen molar-refractivity contribution < 1.29 is 0 Å². The van der Waals surface area contributed by atoms with Crippen molar-refractivity contribution in [3.8, 4) is 5.69 Å². The molecule has 1 saturated heterocycles. The zero-order valence-electron chi connectivity index (χ0n) is 14.4. The Morgan fingerprint density at radius 1 is 1.12 bits per heavy atom. The van der Waals surface area contributed by atoms with E-state index in [2.05, 4.69) is 26.8 Å². The lowest BCUT2D eigenvalue weighted by atomic mass is 10.3. The third-order valence-electron chi connectivity index (χ3n) is 4.76. The van der Waals surface area contributed by atoms with Crippen molar-refractivity contribution in [3.63, 3.8) is 0 Å². The Morgan fingerprint density at radius 3 is 2.76 bits per heavy atom. The number of anilines is 1. The average molecular weight is 338 g/mol. The minimum atomic E-state index is -0.140. The summed E-state index contributed by atoms with van der Waals surface area (Å²) in [4.78, 5) is 24.8. The van der Waals surface area contributed by atoms with Crippen LogP contribution in [0.3, 0.4) is 0 Å². The lowest BCUT2D eigenvalue weighted by molar-refractivity contribution is 0.310. The van der Waals surface area contributed by atoms with Crippen LogP contribution >= 0.6 is 0 Å². The first-order valence-corrected chi connectivity index (χ1v) is 8.77. The van der Waals surface area contributed by atoms with Gasteiger partial charge in [-0.15, -0.1) is 0 Å². The quantitative estimate of drug-likeness (QED) is 0.786. The summed E-state index contributed by atoms with van der Waals surface area (Å²) in [6, 6.07) is 9.77. The van der Waals surface area contributed by atoms with Gasteiger partial charge in [0.25, 0.3) is 5.56 Å². The molecule has 25 heavy (non-hydrogen) atoms. The predicted molar refractivity (Wildman–Crippen MR) is 98.4 cm³/mol. The molecule has 0 unspecified atom stereocenters. The number of nitrogens with one attached hydrogen (secondary N) is 1. The second-order valence-electron chi connectivity index (χ2n) is 6.29. The van der Waals surface area contributed by atoms with Gasteiger partial charge in [-0.25, -0.2) is 4.68 Å². The maximum Gasteiger partial charge on any atom is 0.263 e. The Morgan fingerprint density at radius 2 is 1.96 bits per heavy atom. The number of benzene rings is 1. The summed E-state index contributed by atoms with van der Waals surface area (Å²) in [7, 11) is 0. The summed E-state index contributed by atoms with van der Waals surface area (Å²) < 4.78 is 1.73. The highest BCUT2D eigenvalue weighted by atomic mass is 16.1. The summed E-state index contributed by atoms with van der Waals surface area (Å²) >= 11 is 0. The fourth-order valence-corrected chi connectivity index (χ4v) is 3.31. The van der Waals surface area contributed by atoms with Crippen LogP contribution in [0.1, 0.15) is 13.3 Å². The number of aromatic nitrogens is 4. The lowest BCUT2D eigenvalue weighted by Gasteiger charge is -2.21. The second-order valence-corrected chi connectivity index (χ2v) is 6.29. The van der Waals surface area contributed by atoms with E-state index in [-0.39, 0.29) is 5.56 Å². The van der Waals surface area contributed by atoms with E-state index in [1.165, 1.54) is 0 Å². The van der Waals surface area contributed by atoms with E-state index in [1.807, 2.05) is 30.3 Å². The molecule has 0 aliphatic carbocycles. The Kier molecular flexibility index (Phi) is 4.23. The number of hydrogen-bond donors (Lipinski definition) is 1. The molecule has 3 aromatic rings. The minimum absolute atomic E-state index is 0.140. The standard InChI is InChI=1S/C18H22N6O/c1-2-22-9-6-10-23(12-11-22)18-20-16-15(17(25)21-18)13-19-24(16)14-7-4-3-5-8-14/h3-5,7-8,13H,2,6,9-12H2,1H3,(H,20,21,25). The number of likely N-dealkylation sites (N-methyl/N-ethyl adjacent to an activating group) is 1. The predicted octanol–water partition coefficient (Wildman–Crippen LogP) is 1.64. The van der Waals surface area contributed by atoms with Crippen molar-refractivity contribution in [2.75, 3.05) is 37.6 Å². The molecule has 0 bridgehead atoms. The molecule has 1 N–H and O–H groups in total. The molecule has 130 valence electrons. The fourth-order valence-electron chi connectivity index (χ4n) is 3.31. The molecular formula is C18H22N6O. The van der Waals surface area contributed by atoms with Gasteiger partial charge in [0.05, 0.1) is 11.9 Å². The van der Waals surface area contributed by atoms with Crippen LogP contribution in [0, 0.1) is 0 Å². The number of nitrogens with zero attached hydrogens (tertiary/aromatic N) is 5. The number of fused-ring (bicyclic) bond motifs is 1. The first kappa shape index (κ1) is 15.8. The van der Waals surface area contributed by atoms with E-state index in [4.69, 9.17) is 4.98 Å². The lowest BCUT2D eigenvalue weighted by Crippen LogP contribution is -2.32. The maximum atomic E-state index is 12.5. The highest BCUT2D eigenvalue weighted by Crippen LogP contribution is 2.17. The Labute approximate surface area is 145 Å².